The van der Waals surface area contributed by atoms with E-state index in [0.717, 1.165) is 26.1 Å². The van der Waals surface area contributed by atoms with Crippen LogP contribution in [0.25, 0.3) is 0 Å². The largest absolute Gasteiger partial charge is 0.490 e. The molecular weight excluding hydrogens is 507 g/mol. The van der Waals surface area contributed by atoms with E-state index in [0.29, 0.717) is 30.6 Å². The number of hydrogen-bond acceptors (Lipinski definition) is 9. The zero-order valence-electron chi connectivity index (χ0n) is 18.3. The molecule has 4 heterocycles. The van der Waals surface area contributed by atoms with Crippen molar-refractivity contribution in [3.05, 3.63) is 0 Å². The number of amides is 3. The summed E-state index contributed by atoms with van der Waals surface area (Å²) >= 11 is 0. The average Bonchev–Trinajstić information content (AvgIpc) is 3.24. The van der Waals surface area contributed by atoms with Crippen molar-refractivity contribution in [3.8, 4) is 0 Å². The lowest BCUT2D eigenvalue weighted by Gasteiger charge is -2.36. The SMILES string of the molecule is O=C(NOC[C@@H]1C[C@@H](N2CCC2)CN1)[C@@H]1CC[C@@H]2CN1C(=O)N2OS(=O)(=O)O.O=C(O)C(F)(F)F. The maximum atomic E-state index is 12.4. The average molecular weight is 533 g/mol. The summed E-state index contributed by atoms with van der Waals surface area (Å²) in [6.45, 7) is 3.67. The van der Waals surface area contributed by atoms with Crippen LogP contribution in [0.2, 0.25) is 0 Å². The highest BCUT2D eigenvalue weighted by Gasteiger charge is 2.49. The van der Waals surface area contributed by atoms with Gasteiger partial charge in [0.2, 0.25) is 0 Å². The molecular formula is C17H26F3N5O9S. The molecule has 14 nitrogen and oxygen atoms in total. The Bertz CT molecular complexity index is 917. The molecule has 0 aromatic carbocycles. The predicted octanol–water partition coefficient (Wildman–Crippen LogP) is -0.893. The first kappa shape index (κ1) is 27.3. The smallest absolute Gasteiger partial charge is 0.475 e. The van der Waals surface area contributed by atoms with E-state index in [1.54, 1.807) is 0 Å². The number of halogens is 3. The summed E-state index contributed by atoms with van der Waals surface area (Å²) in [6.07, 6.45) is -2.15. The van der Waals surface area contributed by atoms with Gasteiger partial charge < -0.3 is 15.3 Å². The lowest BCUT2D eigenvalue weighted by Crippen LogP contribution is -2.50. The minimum Gasteiger partial charge on any atom is -0.475 e. The van der Waals surface area contributed by atoms with Crippen LogP contribution in [0.15, 0.2) is 0 Å². The zero-order chi connectivity index (χ0) is 26.0. The highest BCUT2D eigenvalue weighted by atomic mass is 32.3. The van der Waals surface area contributed by atoms with Crippen molar-refractivity contribution in [2.45, 2.75) is 56.0 Å². The second-order valence-corrected chi connectivity index (χ2v) is 9.48. The molecule has 4 fully saturated rings. The quantitative estimate of drug-likeness (QED) is 0.236. The van der Waals surface area contributed by atoms with Crippen molar-refractivity contribution < 1.29 is 54.8 Å². The highest BCUT2D eigenvalue weighted by molar-refractivity contribution is 7.80. The lowest BCUT2D eigenvalue weighted by atomic mass is 10.0. The topological polar surface area (TPSA) is 178 Å². The minimum absolute atomic E-state index is 0.147. The Morgan fingerprint density at radius 3 is 2.40 bits per heavy atom. The van der Waals surface area contributed by atoms with Crippen LogP contribution in [-0.4, -0.2) is 114 Å². The van der Waals surface area contributed by atoms with E-state index < -0.39 is 46.6 Å². The number of carboxylic acid groups (broad SMARTS) is 1. The molecule has 35 heavy (non-hydrogen) atoms. The van der Waals surface area contributed by atoms with Gasteiger partial charge in [0, 0.05) is 25.2 Å². The summed E-state index contributed by atoms with van der Waals surface area (Å²) in [7, 11) is -4.81. The van der Waals surface area contributed by atoms with Gasteiger partial charge in [0.15, 0.2) is 0 Å². The van der Waals surface area contributed by atoms with Crippen LogP contribution in [0.1, 0.15) is 25.7 Å². The zero-order valence-corrected chi connectivity index (χ0v) is 19.1. The fourth-order valence-corrected chi connectivity index (χ4v) is 4.68. The molecule has 4 aliphatic rings. The Morgan fingerprint density at radius 1 is 1.20 bits per heavy atom. The number of aliphatic carboxylic acids is 1. The van der Waals surface area contributed by atoms with E-state index in [-0.39, 0.29) is 12.6 Å². The number of hydrogen-bond donors (Lipinski definition) is 4. The number of alkyl halides is 3. The number of urea groups is 1. The number of hydroxylamine groups is 3. The molecule has 0 radical (unpaired) electrons. The van der Waals surface area contributed by atoms with Gasteiger partial charge in [0.25, 0.3) is 5.91 Å². The van der Waals surface area contributed by atoms with Gasteiger partial charge in [0.1, 0.15) is 6.04 Å². The highest BCUT2D eigenvalue weighted by Crippen LogP contribution is 2.30. The van der Waals surface area contributed by atoms with Crippen molar-refractivity contribution in [1.82, 2.24) is 25.7 Å². The van der Waals surface area contributed by atoms with Gasteiger partial charge in [-0.15, -0.1) is 4.28 Å². The lowest BCUT2D eigenvalue weighted by molar-refractivity contribution is -0.192. The Kier molecular flexibility index (Phi) is 8.43. The van der Waals surface area contributed by atoms with E-state index in [4.69, 9.17) is 19.3 Å². The molecule has 3 amide bonds. The van der Waals surface area contributed by atoms with E-state index in [2.05, 4.69) is 20.0 Å². The van der Waals surface area contributed by atoms with E-state index >= 15 is 0 Å². The molecule has 4 rings (SSSR count). The third-order valence-corrected chi connectivity index (χ3v) is 6.45. The number of carboxylic acids is 1. The van der Waals surface area contributed by atoms with Crippen LogP contribution in [0.5, 0.6) is 0 Å². The van der Waals surface area contributed by atoms with E-state index in [1.165, 1.54) is 11.3 Å². The van der Waals surface area contributed by atoms with Crippen LogP contribution < -0.4 is 10.8 Å². The molecule has 0 spiro atoms. The Hall–Kier alpha value is -2.25. The van der Waals surface area contributed by atoms with Crippen molar-refractivity contribution >= 4 is 28.3 Å². The third kappa shape index (κ3) is 7.14. The first-order valence-corrected chi connectivity index (χ1v) is 12.1. The predicted molar refractivity (Wildman–Crippen MR) is 108 cm³/mol. The Labute approximate surface area is 198 Å². The van der Waals surface area contributed by atoms with Gasteiger partial charge >= 0.3 is 28.6 Å². The second kappa shape index (κ2) is 10.8. The molecule has 0 saturated carbocycles. The summed E-state index contributed by atoms with van der Waals surface area (Å²) in [4.78, 5) is 42.7. The van der Waals surface area contributed by atoms with Crippen LogP contribution in [0, 0.1) is 0 Å². The number of fused-ring (bicyclic) bond motifs is 2. The first-order valence-electron chi connectivity index (χ1n) is 10.7. The van der Waals surface area contributed by atoms with Gasteiger partial charge in [-0.05, 0) is 38.8 Å². The van der Waals surface area contributed by atoms with Gasteiger partial charge in [-0.25, -0.2) is 15.1 Å². The number of carbonyl (C=O) groups is 3. The van der Waals surface area contributed by atoms with Crippen molar-refractivity contribution in [3.63, 3.8) is 0 Å². The number of piperidine rings is 1. The van der Waals surface area contributed by atoms with Gasteiger partial charge in [-0.1, -0.05) is 0 Å². The van der Waals surface area contributed by atoms with Crippen LogP contribution >= 0.6 is 0 Å². The second-order valence-electron chi connectivity index (χ2n) is 8.47. The maximum absolute atomic E-state index is 12.4. The number of nitrogens with one attached hydrogen (secondary N) is 2. The molecule has 0 aromatic heterocycles. The van der Waals surface area contributed by atoms with Gasteiger partial charge in [-0.3, -0.25) is 19.1 Å². The van der Waals surface area contributed by atoms with Crippen molar-refractivity contribution in [2.24, 2.45) is 0 Å². The van der Waals surface area contributed by atoms with E-state index in [1.807, 2.05) is 0 Å². The van der Waals surface area contributed by atoms with Crippen LogP contribution in [0.4, 0.5) is 18.0 Å². The Balaban J connectivity index is 0.000000429. The van der Waals surface area contributed by atoms with Crippen LogP contribution in [-0.2, 0) is 29.1 Å². The molecule has 200 valence electrons. The molecule has 2 bridgehead atoms. The normalized spacial score (nSPS) is 28.9. The number of likely N-dealkylation sites (tertiary alicyclic amines) is 1. The van der Waals surface area contributed by atoms with Crippen LogP contribution in [0.3, 0.4) is 0 Å². The van der Waals surface area contributed by atoms with Gasteiger partial charge in [-0.2, -0.15) is 26.7 Å². The summed E-state index contributed by atoms with van der Waals surface area (Å²) in [6, 6.07) is -1.39. The summed E-state index contributed by atoms with van der Waals surface area (Å²) in [5.74, 6) is -3.22. The molecule has 0 aliphatic carbocycles. The monoisotopic (exact) mass is 533 g/mol. The van der Waals surface area contributed by atoms with Crippen molar-refractivity contribution in [2.75, 3.05) is 32.8 Å². The molecule has 0 unspecified atom stereocenters. The fourth-order valence-electron chi connectivity index (χ4n) is 4.29. The number of rotatable bonds is 7. The fraction of sp³-hybridized carbons (Fsp3) is 0.824. The molecule has 18 heteroatoms. The molecule has 0 aromatic rings. The molecule has 4 aliphatic heterocycles. The summed E-state index contributed by atoms with van der Waals surface area (Å²) in [5, 5.41) is 11.1. The standard InChI is InChI=1S/C15H25N5O7S.C2HF3O2/c21-14(17-26-9-10-6-12(7-16-10)18-4-1-5-18)13-3-2-11-8-19(13)15(22)20(11)27-28(23,24)25;3-2(4,5)1(6)7/h10-13,16H,1-9H2,(H,17,21)(H,23,24,25);(H,6,7)/t10-,11+,12+,13-;/m0./s1. The minimum atomic E-state index is -5.08. The molecule has 4 N–H and O–H groups in total. The van der Waals surface area contributed by atoms with E-state index in [9.17, 15) is 31.2 Å². The summed E-state index contributed by atoms with van der Waals surface area (Å²) < 4.78 is 66.7. The number of nitrogens with zero attached hydrogens (tertiary/aromatic N) is 3. The van der Waals surface area contributed by atoms with Crippen molar-refractivity contribution in [1.29, 1.82) is 0 Å². The summed E-state index contributed by atoms with van der Waals surface area (Å²) in [5.41, 5.74) is 2.40. The third-order valence-electron chi connectivity index (χ3n) is 6.11. The molecule has 4 saturated heterocycles. The maximum Gasteiger partial charge on any atom is 0.490 e. The first-order chi connectivity index (χ1) is 16.3. The Morgan fingerprint density at radius 2 is 1.86 bits per heavy atom. The number of carbonyl (C=O) groups excluding carboxylic acids is 2. The molecule has 4 atom stereocenters. The van der Waals surface area contributed by atoms with Gasteiger partial charge in [0.05, 0.1) is 12.6 Å².